The third-order valence-corrected chi connectivity index (χ3v) is 3.93. The number of sulfonamides is 1. The number of ether oxygens (including phenoxy) is 2. The van der Waals surface area contributed by atoms with Gasteiger partial charge in [-0.3, -0.25) is 4.72 Å². The highest BCUT2D eigenvalue weighted by Gasteiger charge is 2.18. The Labute approximate surface area is 106 Å². The van der Waals surface area contributed by atoms with E-state index in [1.807, 2.05) is 6.92 Å². The van der Waals surface area contributed by atoms with Gasteiger partial charge < -0.3 is 15.2 Å². The van der Waals surface area contributed by atoms with Crippen molar-refractivity contribution in [3.63, 3.8) is 0 Å². The lowest BCUT2D eigenvalue weighted by molar-refractivity contribution is 0.174. The molecule has 3 N–H and O–H groups in total. The van der Waals surface area contributed by atoms with Crippen molar-refractivity contribution in [2.75, 3.05) is 23.0 Å². The Balaban J connectivity index is 2.19. The van der Waals surface area contributed by atoms with E-state index in [-0.39, 0.29) is 12.5 Å². The minimum atomic E-state index is -3.36. The molecule has 0 atom stereocenters. The number of hydrogen-bond donors (Lipinski definition) is 2. The molecule has 1 aromatic rings. The lowest BCUT2D eigenvalue weighted by atomic mass is 10.2. The SMILES string of the molecule is CCCCS(=O)(=O)Nc1cc2c(cc1N)OCO2. The Morgan fingerprint density at radius 1 is 1.33 bits per heavy atom. The van der Waals surface area contributed by atoms with Crippen molar-refractivity contribution < 1.29 is 17.9 Å². The standard InChI is InChI=1S/C11H16N2O4S/c1-2-3-4-18(14,15)13-9-6-11-10(5-8(9)12)16-7-17-11/h5-6,13H,2-4,7,12H2,1H3. The number of nitrogens with one attached hydrogen (secondary N) is 1. The summed E-state index contributed by atoms with van der Waals surface area (Å²) in [6.07, 6.45) is 1.43. The third kappa shape index (κ3) is 2.79. The predicted octanol–water partition coefficient (Wildman–Crippen LogP) is 1.54. The van der Waals surface area contributed by atoms with Crippen LogP contribution in [0.2, 0.25) is 0 Å². The lowest BCUT2D eigenvalue weighted by Crippen LogP contribution is -2.17. The number of fused-ring (bicyclic) bond motifs is 1. The fourth-order valence-corrected chi connectivity index (χ4v) is 2.88. The molecule has 100 valence electrons. The number of hydrogen-bond acceptors (Lipinski definition) is 5. The number of rotatable bonds is 5. The Bertz CT molecular complexity index is 542. The van der Waals surface area contributed by atoms with Crippen LogP contribution in [0.15, 0.2) is 12.1 Å². The second-order valence-electron chi connectivity index (χ2n) is 4.07. The van der Waals surface area contributed by atoms with Crippen molar-refractivity contribution in [2.45, 2.75) is 19.8 Å². The first-order chi connectivity index (χ1) is 8.52. The number of nitrogens with two attached hydrogens (primary N) is 1. The second-order valence-corrected chi connectivity index (χ2v) is 5.91. The number of benzene rings is 1. The molecule has 0 aliphatic carbocycles. The molecule has 0 spiro atoms. The van der Waals surface area contributed by atoms with E-state index < -0.39 is 10.0 Å². The van der Waals surface area contributed by atoms with Crippen LogP contribution in [0.25, 0.3) is 0 Å². The van der Waals surface area contributed by atoms with E-state index in [1.54, 1.807) is 12.1 Å². The van der Waals surface area contributed by atoms with E-state index >= 15 is 0 Å². The van der Waals surface area contributed by atoms with Crippen LogP contribution < -0.4 is 19.9 Å². The van der Waals surface area contributed by atoms with E-state index in [0.717, 1.165) is 6.42 Å². The Hall–Kier alpha value is -1.63. The van der Waals surface area contributed by atoms with Crippen molar-refractivity contribution in [1.82, 2.24) is 0 Å². The maximum atomic E-state index is 11.8. The van der Waals surface area contributed by atoms with Gasteiger partial charge in [-0.1, -0.05) is 13.3 Å². The summed E-state index contributed by atoms with van der Waals surface area (Å²) in [7, 11) is -3.36. The van der Waals surface area contributed by atoms with Crippen LogP contribution in [-0.4, -0.2) is 21.0 Å². The number of anilines is 2. The molecule has 1 aliphatic rings. The maximum absolute atomic E-state index is 11.8. The molecule has 18 heavy (non-hydrogen) atoms. The van der Waals surface area contributed by atoms with Gasteiger partial charge in [0.1, 0.15) is 0 Å². The normalized spacial score (nSPS) is 13.6. The monoisotopic (exact) mass is 272 g/mol. The zero-order chi connectivity index (χ0) is 13.2. The van der Waals surface area contributed by atoms with Crippen LogP contribution in [0.3, 0.4) is 0 Å². The zero-order valence-electron chi connectivity index (χ0n) is 10.1. The van der Waals surface area contributed by atoms with Crippen LogP contribution in [0, 0.1) is 0 Å². The molecule has 0 unspecified atom stereocenters. The molecule has 0 radical (unpaired) electrons. The van der Waals surface area contributed by atoms with Crippen LogP contribution in [0.4, 0.5) is 11.4 Å². The Kier molecular flexibility index (Phi) is 3.51. The second kappa shape index (κ2) is 4.93. The zero-order valence-corrected chi connectivity index (χ0v) is 10.9. The van der Waals surface area contributed by atoms with Crippen LogP contribution in [-0.2, 0) is 10.0 Å². The first kappa shape index (κ1) is 12.8. The van der Waals surface area contributed by atoms with Crippen molar-refractivity contribution >= 4 is 21.4 Å². The fraction of sp³-hybridized carbons (Fsp3) is 0.455. The smallest absolute Gasteiger partial charge is 0.232 e. The average Bonchev–Trinajstić information content (AvgIpc) is 2.73. The van der Waals surface area contributed by atoms with E-state index in [4.69, 9.17) is 15.2 Å². The van der Waals surface area contributed by atoms with Gasteiger partial charge in [-0.15, -0.1) is 0 Å². The van der Waals surface area contributed by atoms with Gasteiger partial charge in [-0.05, 0) is 6.42 Å². The lowest BCUT2D eigenvalue weighted by Gasteiger charge is -2.10. The van der Waals surface area contributed by atoms with Gasteiger partial charge >= 0.3 is 0 Å². The van der Waals surface area contributed by atoms with Crippen molar-refractivity contribution in [1.29, 1.82) is 0 Å². The highest BCUT2D eigenvalue weighted by molar-refractivity contribution is 7.92. The van der Waals surface area contributed by atoms with Crippen LogP contribution in [0.1, 0.15) is 19.8 Å². The predicted molar refractivity (Wildman–Crippen MR) is 69.3 cm³/mol. The molecule has 0 aromatic heterocycles. The quantitative estimate of drug-likeness (QED) is 0.793. The van der Waals surface area contributed by atoms with E-state index in [0.29, 0.717) is 29.3 Å². The van der Waals surface area contributed by atoms with Crippen LogP contribution >= 0.6 is 0 Å². The molecule has 0 fully saturated rings. The molecule has 0 bridgehead atoms. The molecule has 0 saturated heterocycles. The highest BCUT2D eigenvalue weighted by atomic mass is 32.2. The summed E-state index contributed by atoms with van der Waals surface area (Å²) in [5.41, 5.74) is 6.41. The van der Waals surface area contributed by atoms with Crippen LogP contribution in [0.5, 0.6) is 11.5 Å². The summed E-state index contributed by atoms with van der Waals surface area (Å²) in [6.45, 7) is 2.06. The summed E-state index contributed by atoms with van der Waals surface area (Å²) in [5, 5.41) is 0. The molecule has 1 aromatic carbocycles. The molecule has 7 heteroatoms. The van der Waals surface area contributed by atoms with E-state index in [2.05, 4.69) is 4.72 Å². The third-order valence-electron chi connectivity index (χ3n) is 2.58. The van der Waals surface area contributed by atoms with Crippen molar-refractivity contribution in [2.24, 2.45) is 0 Å². The van der Waals surface area contributed by atoms with Gasteiger partial charge in [0.2, 0.25) is 16.8 Å². The molecular formula is C11H16N2O4S. The Morgan fingerprint density at radius 3 is 2.67 bits per heavy atom. The molecule has 0 saturated carbocycles. The summed E-state index contributed by atoms with van der Waals surface area (Å²) >= 11 is 0. The average molecular weight is 272 g/mol. The fourth-order valence-electron chi connectivity index (χ4n) is 1.60. The van der Waals surface area contributed by atoms with Gasteiger partial charge in [0.25, 0.3) is 0 Å². The minimum absolute atomic E-state index is 0.0807. The summed E-state index contributed by atoms with van der Waals surface area (Å²) in [4.78, 5) is 0. The summed E-state index contributed by atoms with van der Waals surface area (Å²) in [5.74, 6) is 1.11. The van der Waals surface area contributed by atoms with E-state index in [9.17, 15) is 8.42 Å². The van der Waals surface area contributed by atoms with E-state index in [1.165, 1.54) is 0 Å². The van der Waals surface area contributed by atoms with Crippen molar-refractivity contribution in [3.05, 3.63) is 12.1 Å². The maximum Gasteiger partial charge on any atom is 0.232 e. The van der Waals surface area contributed by atoms with Gasteiger partial charge in [0.15, 0.2) is 11.5 Å². The minimum Gasteiger partial charge on any atom is -0.454 e. The van der Waals surface area contributed by atoms with Gasteiger partial charge in [-0.25, -0.2) is 8.42 Å². The number of nitrogen functional groups attached to an aromatic ring is 1. The first-order valence-electron chi connectivity index (χ1n) is 5.71. The molecule has 6 nitrogen and oxygen atoms in total. The molecule has 2 rings (SSSR count). The molecule has 1 aliphatic heterocycles. The Morgan fingerprint density at radius 2 is 2.00 bits per heavy atom. The highest BCUT2D eigenvalue weighted by Crippen LogP contribution is 2.38. The topological polar surface area (TPSA) is 90.7 Å². The largest absolute Gasteiger partial charge is 0.454 e. The number of unbranched alkanes of at least 4 members (excludes halogenated alkanes) is 1. The van der Waals surface area contributed by atoms with Crippen molar-refractivity contribution in [3.8, 4) is 11.5 Å². The van der Waals surface area contributed by atoms with Gasteiger partial charge in [-0.2, -0.15) is 0 Å². The van der Waals surface area contributed by atoms with Gasteiger partial charge in [0, 0.05) is 12.1 Å². The first-order valence-corrected chi connectivity index (χ1v) is 7.36. The summed E-state index contributed by atoms with van der Waals surface area (Å²) in [6, 6.07) is 3.10. The summed E-state index contributed by atoms with van der Waals surface area (Å²) < 4.78 is 36.3. The van der Waals surface area contributed by atoms with Gasteiger partial charge in [0.05, 0.1) is 17.1 Å². The molecule has 0 amide bonds. The molecule has 1 heterocycles. The molecular weight excluding hydrogens is 256 g/mol.